The molecule has 2 aliphatic heterocycles. The molecule has 0 bridgehead atoms. The number of carboxylic acids is 1. The van der Waals surface area contributed by atoms with Crippen molar-refractivity contribution in [2.24, 2.45) is 5.92 Å². The minimum atomic E-state index is -0.932. The van der Waals surface area contributed by atoms with Crippen LogP contribution in [0.15, 0.2) is 0 Å². The molecule has 2 amide bonds. The van der Waals surface area contributed by atoms with Crippen molar-refractivity contribution in [1.82, 2.24) is 10.2 Å². The number of aliphatic carboxylic acids is 1. The molecule has 2 saturated heterocycles. The Kier molecular flexibility index (Phi) is 4.56. The minimum Gasteiger partial charge on any atom is -0.480 e. The number of thioether (sulfide) groups is 1. The van der Waals surface area contributed by atoms with Crippen molar-refractivity contribution in [1.29, 1.82) is 0 Å². The number of rotatable bonds is 4. The molecule has 0 aromatic rings. The van der Waals surface area contributed by atoms with Gasteiger partial charge in [-0.25, -0.2) is 9.59 Å². The van der Waals surface area contributed by atoms with Crippen molar-refractivity contribution in [3.05, 3.63) is 0 Å². The normalized spacial score (nSPS) is 33.0. The van der Waals surface area contributed by atoms with Gasteiger partial charge < -0.3 is 19.9 Å². The average Bonchev–Trinajstić information content (AvgIpc) is 3.24. The summed E-state index contributed by atoms with van der Waals surface area (Å²) in [6.45, 7) is 1.92. The fourth-order valence-electron chi connectivity index (χ4n) is 2.67. The highest BCUT2D eigenvalue weighted by molar-refractivity contribution is 8.00. The van der Waals surface area contributed by atoms with Crippen molar-refractivity contribution in [2.45, 2.75) is 30.4 Å². The number of carbonyl (C=O) groups excluding carboxylic acids is 1. The molecule has 0 aromatic carbocycles. The fraction of sp³-hybridized carbons (Fsp3) is 0.846. The van der Waals surface area contributed by atoms with Crippen LogP contribution >= 0.6 is 11.8 Å². The van der Waals surface area contributed by atoms with E-state index in [9.17, 15) is 14.7 Å². The molecule has 3 rings (SSSR count). The van der Waals surface area contributed by atoms with Crippen molar-refractivity contribution in [3.8, 4) is 0 Å². The third-order valence-corrected chi connectivity index (χ3v) is 5.41. The summed E-state index contributed by atoms with van der Waals surface area (Å²) in [4.78, 5) is 25.2. The van der Waals surface area contributed by atoms with E-state index >= 15 is 0 Å². The molecule has 1 aliphatic carbocycles. The number of hydrogen-bond acceptors (Lipinski definition) is 5. The molecule has 3 atom stereocenters. The smallest absolute Gasteiger partial charge is 0.327 e. The first-order valence-electron chi connectivity index (χ1n) is 7.26. The number of carboxylic acid groups (broad SMARTS) is 1. The van der Waals surface area contributed by atoms with E-state index < -0.39 is 12.0 Å². The molecule has 21 heavy (non-hydrogen) atoms. The number of nitrogens with zero attached hydrogens (tertiary/aromatic N) is 1. The van der Waals surface area contributed by atoms with Gasteiger partial charge in [-0.2, -0.15) is 0 Å². The van der Waals surface area contributed by atoms with E-state index in [1.54, 1.807) is 11.8 Å². The molecule has 0 aromatic heterocycles. The highest BCUT2D eigenvalue weighted by atomic mass is 32.2. The largest absolute Gasteiger partial charge is 0.480 e. The summed E-state index contributed by atoms with van der Waals surface area (Å²) in [5.74, 6) is -0.0233. The maximum absolute atomic E-state index is 12.4. The second-order valence-electron chi connectivity index (χ2n) is 5.58. The number of carbonyl (C=O) groups is 2. The van der Waals surface area contributed by atoms with Gasteiger partial charge in [0.25, 0.3) is 0 Å². The summed E-state index contributed by atoms with van der Waals surface area (Å²) >= 11 is 1.58. The summed E-state index contributed by atoms with van der Waals surface area (Å²) in [7, 11) is 0. The SMILES string of the molecule is O=C(O)C1CSC(C2CC2)N1C(=O)NCC1COCCO1. The number of ether oxygens (including phenoxy) is 2. The Morgan fingerprint density at radius 3 is 2.76 bits per heavy atom. The Morgan fingerprint density at radius 1 is 1.33 bits per heavy atom. The molecule has 8 heteroatoms. The lowest BCUT2D eigenvalue weighted by Crippen LogP contribution is -2.52. The third-order valence-electron chi connectivity index (χ3n) is 3.95. The lowest BCUT2D eigenvalue weighted by atomic mass is 10.2. The first kappa shape index (κ1) is 14.9. The van der Waals surface area contributed by atoms with Crippen LogP contribution in [0.2, 0.25) is 0 Å². The van der Waals surface area contributed by atoms with Gasteiger partial charge in [-0.1, -0.05) is 0 Å². The van der Waals surface area contributed by atoms with Gasteiger partial charge in [0.2, 0.25) is 0 Å². The standard InChI is InChI=1S/C13H20N2O5S/c16-12(17)10-7-21-11(8-1-2-8)15(10)13(18)14-5-9-6-19-3-4-20-9/h8-11H,1-7H2,(H,14,18)(H,16,17). The highest BCUT2D eigenvalue weighted by Crippen LogP contribution is 2.45. The summed E-state index contributed by atoms with van der Waals surface area (Å²) < 4.78 is 10.8. The van der Waals surface area contributed by atoms with E-state index in [4.69, 9.17) is 9.47 Å². The predicted molar refractivity (Wildman–Crippen MR) is 76.2 cm³/mol. The zero-order chi connectivity index (χ0) is 14.8. The second-order valence-corrected chi connectivity index (χ2v) is 6.73. The Labute approximate surface area is 127 Å². The fourth-order valence-corrected chi connectivity index (χ4v) is 4.30. The predicted octanol–water partition coefficient (Wildman–Crippen LogP) is 0.349. The van der Waals surface area contributed by atoms with Crippen LogP contribution in [-0.2, 0) is 14.3 Å². The van der Waals surface area contributed by atoms with Gasteiger partial charge in [-0.15, -0.1) is 11.8 Å². The maximum Gasteiger partial charge on any atom is 0.327 e. The topological polar surface area (TPSA) is 88.1 Å². The van der Waals surface area contributed by atoms with Gasteiger partial charge in [-0.3, -0.25) is 4.90 Å². The Hall–Kier alpha value is -0.990. The van der Waals surface area contributed by atoms with Crippen LogP contribution in [0.4, 0.5) is 4.79 Å². The molecule has 118 valence electrons. The van der Waals surface area contributed by atoms with E-state index in [1.807, 2.05) is 0 Å². The Bertz CT molecular complexity index is 411. The number of hydrogen-bond donors (Lipinski definition) is 2. The van der Waals surface area contributed by atoms with Gasteiger partial charge in [0.1, 0.15) is 6.04 Å². The van der Waals surface area contributed by atoms with Crippen LogP contribution in [0.3, 0.4) is 0 Å². The quantitative estimate of drug-likeness (QED) is 0.778. The van der Waals surface area contributed by atoms with Crippen molar-refractivity contribution < 1.29 is 24.2 Å². The summed E-state index contributed by atoms with van der Waals surface area (Å²) in [5.41, 5.74) is 0. The minimum absolute atomic E-state index is 0.00498. The highest BCUT2D eigenvalue weighted by Gasteiger charge is 2.48. The van der Waals surface area contributed by atoms with Crippen LogP contribution in [-0.4, -0.2) is 71.6 Å². The molecule has 1 saturated carbocycles. The molecule has 2 heterocycles. The van der Waals surface area contributed by atoms with Crippen LogP contribution < -0.4 is 5.32 Å². The van der Waals surface area contributed by atoms with Crippen molar-refractivity contribution in [3.63, 3.8) is 0 Å². The van der Waals surface area contributed by atoms with Crippen molar-refractivity contribution >= 4 is 23.8 Å². The summed E-state index contributed by atoms with van der Waals surface area (Å²) in [6.07, 6.45) is 2.00. The van der Waals surface area contributed by atoms with Gasteiger partial charge >= 0.3 is 12.0 Å². The number of nitrogens with one attached hydrogen (secondary N) is 1. The number of amides is 2. The van der Waals surface area contributed by atoms with Crippen LogP contribution in [0.1, 0.15) is 12.8 Å². The second kappa shape index (κ2) is 6.41. The monoisotopic (exact) mass is 316 g/mol. The van der Waals surface area contributed by atoms with Crippen molar-refractivity contribution in [2.75, 3.05) is 32.1 Å². The maximum atomic E-state index is 12.4. The van der Waals surface area contributed by atoms with Gasteiger partial charge in [0.05, 0.1) is 31.3 Å². The van der Waals surface area contributed by atoms with E-state index in [0.717, 1.165) is 12.8 Å². The molecule has 7 nitrogen and oxygen atoms in total. The molecule has 0 spiro atoms. The Morgan fingerprint density at radius 2 is 2.14 bits per heavy atom. The lowest BCUT2D eigenvalue weighted by Gasteiger charge is -2.29. The molecule has 3 aliphatic rings. The van der Waals surface area contributed by atoms with E-state index in [-0.39, 0.29) is 17.5 Å². The van der Waals surface area contributed by atoms with E-state index in [1.165, 1.54) is 4.90 Å². The average molecular weight is 316 g/mol. The molecular weight excluding hydrogens is 296 g/mol. The van der Waals surface area contributed by atoms with Gasteiger partial charge in [-0.05, 0) is 18.8 Å². The first-order chi connectivity index (χ1) is 10.2. The molecule has 3 fully saturated rings. The van der Waals surface area contributed by atoms with Crippen LogP contribution in [0, 0.1) is 5.92 Å². The van der Waals surface area contributed by atoms with E-state index in [0.29, 0.717) is 38.0 Å². The molecular formula is C13H20N2O5S. The van der Waals surface area contributed by atoms with Crippen LogP contribution in [0.25, 0.3) is 0 Å². The Balaban J connectivity index is 1.58. The zero-order valence-corrected chi connectivity index (χ0v) is 12.5. The summed E-state index contributed by atoms with van der Waals surface area (Å²) in [5, 5.41) is 12.1. The lowest BCUT2D eigenvalue weighted by molar-refractivity contribution is -0.141. The molecule has 3 unspecified atom stereocenters. The first-order valence-corrected chi connectivity index (χ1v) is 8.31. The third kappa shape index (κ3) is 3.44. The van der Waals surface area contributed by atoms with Gasteiger partial charge in [0, 0.05) is 12.3 Å². The molecule has 2 N–H and O–H groups in total. The molecule has 0 radical (unpaired) electrons. The zero-order valence-electron chi connectivity index (χ0n) is 11.7. The van der Waals surface area contributed by atoms with Crippen LogP contribution in [0.5, 0.6) is 0 Å². The van der Waals surface area contributed by atoms with E-state index in [2.05, 4.69) is 5.32 Å². The number of urea groups is 1. The summed E-state index contributed by atoms with van der Waals surface area (Å²) in [6, 6.07) is -1.04. The van der Waals surface area contributed by atoms with Gasteiger partial charge in [0.15, 0.2) is 0 Å².